The topological polar surface area (TPSA) is 105 Å². The summed E-state index contributed by atoms with van der Waals surface area (Å²) in [5, 5.41) is 4.88. The minimum Gasteiger partial charge on any atom is -0.338 e. The molecule has 168 valence electrons. The van der Waals surface area contributed by atoms with Crippen molar-refractivity contribution in [1.82, 2.24) is 34.7 Å². The summed E-state index contributed by atoms with van der Waals surface area (Å²) in [4.78, 5) is 32.2. The standard InChI is InChI=1S/C22H18ClF2N7O/c1-4-13-19-15(8-16(23)27-13)28-20(30-19)12-7-11-14(29-21(12)33)5-6-26-18(11)17-9(2)31-32(10(17)3)22(24)25/h5-8,22H,4H2,1-3H3,(H,28,30)(H,29,33). The molecule has 0 aliphatic rings. The van der Waals surface area contributed by atoms with Gasteiger partial charge in [0.05, 0.1) is 39.4 Å². The van der Waals surface area contributed by atoms with Gasteiger partial charge in [-0.1, -0.05) is 18.5 Å². The minimum absolute atomic E-state index is 0.280. The first-order chi connectivity index (χ1) is 15.8. The summed E-state index contributed by atoms with van der Waals surface area (Å²) in [6.07, 6.45) is 2.14. The second-order valence-electron chi connectivity index (χ2n) is 7.63. The molecule has 0 saturated carbocycles. The van der Waals surface area contributed by atoms with E-state index in [0.717, 1.165) is 0 Å². The highest BCUT2D eigenvalue weighted by Crippen LogP contribution is 2.33. The number of hydrogen-bond acceptors (Lipinski definition) is 5. The quantitative estimate of drug-likeness (QED) is 0.362. The van der Waals surface area contributed by atoms with E-state index in [2.05, 4.69) is 30.0 Å². The highest BCUT2D eigenvalue weighted by molar-refractivity contribution is 6.30. The maximum atomic E-state index is 13.4. The number of imidazole rings is 1. The summed E-state index contributed by atoms with van der Waals surface area (Å²) >= 11 is 6.11. The van der Waals surface area contributed by atoms with E-state index in [1.165, 1.54) is 6.20 Å². The number of halogens is 3. The number of alkyl halides is 2. The highest BCUT2D eigenvalue weighted by atomic mass is 35.5. The van der Waals surface area contributed by atoms with Crippen molar-refractivity contribution in [3.63, 3.8) is 0 Å². The van der Waals surface area contributed by atoms with Crippen LogP contribution in [0.25, 0.3) is 44.6 Å². The number of rotatable bonds is 4. The molecule has 0 radical (unpaired) electrons. The molecule has 0 fully saturated rings. The van der Waals surface area contributed by atoms with Crippen LogP contribution in [0.15, 0.2) is 29.2 Å². The van der Waals surface area contributed by atoms with E-state index in [-0.39, 0.29) is 16.8 Å². The Labute approximate surface area is 190 Å². The Morgan fingerprint density at radius 1 is 1.15 bits per heavy atom. The Hall–Kier alpha value is -3.66. The molecule has 2 N–H and O–H groups in total. The lowest BCUT2D eigenvalue weighted by atomic mass is 10.0. The Balaban J connectivity index is 1.77. The Bertz CT molecular complexity index is 1600. The summed E-state index contributed by atoms with van der Waals surface area (Å²) in [6, 6.07) is 4.97. The molecule has 0 atom stereocenters. The van der Waals surface area contributed by atoms with Crippen LogP contribution in [-0.4, -0.2) is 34.7 Å². The van der Waals surface area contributed by atoms with E-state index in [1.54, 1.807) is 32.0 Å². The molecule has 0 spiro atoms. The third-order valence-corrected chi connectivity index (χ3v) is 5.81. The second kappa shape index (κ2) is 7.73. The lowest BCUT2D eigenvalue weighted by Crippen LogP contribution is -2.10. The van der Waals surface area contributed by atoms with Crippen molar-refractivity contribution in [3.8, 4) is 22.6 Å². The van der Waals surface area contributed by atoms with E-state index >= 15 is 0 Å². The Kier molecular flexibility index (Phi) is 4.97. The molecule has 0 aliphatic heterocycles. The van der Waals surface area contributed by atoms with Crippen molar-refractivity contribution in [2.24, 2.45) is 0 Å². The molecule has 0 unspecified atom stereocenters. The number of H-pyrrole nitrogens is 2. The minimum atomic E-state index is -2.77. The smallest absolute Gasteiger partial charge is 0.333 e. The van der Waals surface area contributed by atoms with Crippen LogP contribution < -0.4 is 5.56 Å². The maximum Gasteiger partial charge on any atom is 0.333 e. The predicted octanol–water partition coefficient (Wildman–Crippen LogP) is 4.95. The average Bonchev–Trinajstić information content (AvgIpc) is 3.32. The fourth-order valence-corrected chi connectivity index (χ4v) is 4.33. The molecule has 5 heterocycles. The molecule has 33 heavy (non-hydrogen) atoms. The number of nitrogens with one attached hydrogen (secondary N) is 2. The van der Waals surface area contributed by atoms with Gasteiger partial charge in [-0.05, 0) is 32.4 Å². The first kappa shape index (κ1) is 21.2. The van der Waals surface area contributed by atoms with Crippen molar-refractivity contribution in [2.75, 3.05) is 0 Å². The van der Waals surface area contributed by atoms with Crippen molar-refractivity contribution >= 4 is 33.5 Å². The number of pyridine rings is 3. The number of fused-ring (bicyclic) bond motifs is 2. The number of hydrogen-bond donors (Lipinski definition) is 2. The zero-order valence-electron chi connectivity index (χ0n) is 17.9. The summed E-state index contributed by atoms with van der Waals surface area (Å²) in [6.45, 7) is 2.39. The Morgan fingerprint density at radius 3 is 2.64 bits per heavy atom. The average molecular weight is 470 g/mol. The van der Waals surface area contributed by atoms with Crippen LogP contribution in [0.4, 0.5) is 8.78 Å². The molecular formula is C22H18ClF2N7O. The van der Waals surface area contributed by atoms with Gasteiger partial charge in [-0.25, -0.2) is 14.6 Å². The molecular weight excluding hydrogens is 452 g/mol. The molecule has 11 heteroatoms. The van der Waals surface area contributed by atoms with E-state index in [4.69, 9.17) is 11.6 Å². The number of aryl methyl sites for hydroxylation is 2. The SMILES string of the molecule is CCc1nc(Cl)cc2[nH]c(-c3cc4c(-c5c(C)nn(C(F)F)c5C)nccc4[nH]c3=O)nc12. The third-order valence-electron chi connectivity index (χ3n) is 5.62. The molecule has 0 aromatic carbocycles. The molecule has 0 bridgehead atoms. The van der Waals surface area contributed by atoms with Gasteiger partial charge in [-0.15, -0.1) is 0 Å². The van der Waals surface area contributed by atoms with Gasteiger partial charge in [-0.3, -0.25) is 9.78 Å². The zero-order valence-corrected chi connectivity index (χ0v) is 18.6. The molecule has 5 aromatic heterocycles. The monoisotopic (exact) mass is 469 g/mol. The van der Waals surface area contributed by atoms with Crippen molar-refractivity contribution < 1.29 is 8.78 Å². The number of aromatic nitrogens is 7. The summed E-state index contributed by atoms with van der Waals surface area (Å²) < 4.78 is 27.4. The van der Waals surface area contributed by atoms with Crippen molar-refractivity contribution in [2.45, 2.75) is 33.7 Å². The fraction of sp³-hybridized carbons (Fsp3) is 0.227. The van der Waals surface area contributed by atoms with E-state index in [9.17, 15) is 13.6 Å². The van der Waals surface area contributed by atoms with E-state index in [0.29, 0.717) is 66.7 Å². The maximum absolute atomic E-state index is 13.4. The summed E-state index contributed by atoms with van der Waals surface area (Å²) in [5.74, 6) is 0.346. The van der Waals surface area contributed by atoms with Crippen LogP contribution in [0, 0.1) is 13.8 Å². The first-order valence-corrected chi connectivity index (χ1v) is 10.6. The van der Waals surface area contributed by atoms with Gasteiger partial charge in [-0.2, -0.15) is 13.9 Å². The number of aromatic amines is 2. The summed E-state index contributed by atoms with van der Waals surface area (Å²) in [7, 11) is 0. The lowest BCUT2D eigenvalue weighted by molar-refractivity contribution is 0.0542. The molecule has 5 aromatic rings. The van der Waals surface area contributed by atoms with Gasteiger partial charge in [0.1, 0.15) is 16.5 Å². The molecule has 0 aliphatic carbocycles. The van der Waals surface area contributed by atoms with Crippen LogP contribution in [0.2, 0.25) is 5.15 Å². The van der Waals surface area contributed by atoms with Crippen LogP contribution in [0.5, 0.6) is 0 Å². The van der Waals surface area contributed by atoms with Gasteiger partial charge in [0, 0.05) is 23.2 Å². The predicted molar refractivity (Wildman–Crippen MR) is 122 cm³/mol. The normalized spacial score (nSPS) is 11.8. The Morgan fingerprint density at radius 2 is 1.94 bits per heavy atom. The van der Waals surface area contributed by atoms with E-state index < -0.39 is 6.55 Å². The van der Waals surface area contributed by atoms with Crippen LogP contribution in [0.3, 0.4) is 0 Å². The third kappa shape index (κ3) is 3.37. The second-order valence-corrected chi connectivity index (χ2v) is 8.02. The van der Waals surface area contributed by atoms with Crippen LogP contribution >= 0.6 is 11.6 Å². The highest BCUT2D eigenvalue weighted by Gasteiger charge is 2.22. The molecule has 5 rings (SSSR count). The lowest BCUT2D eigenvalue weighted by Gasteiger charge is -2.08. The largest absolute Gasteiger partial charge is 0.338 e. The van der Waals surface area contributed by atoms with Gasteiger partial charge in [0.2, 0.25) is 0 Å². The van der Waals surface area contributed by atoms with Gasteiger partial charge in [0.25, 0.3) is 5.56 Å². The first-order valence-electron chi connectivity index (χ1n) is 10.2. The summed E-state index contributed by atoms with van der Waals surface area (Å²) in [5.41, 5.74) is 4.10. The number of nitrogens with zero attached hydrogens (tertiary/aromatic N) is 5. The fourth-order valence-electron chi connectivity index (χ4n) is 4.12. The van der Waals surface area contributed by atoms with Crippen molar-refractivity contribution in [3.05, 3.63) is 57.0 Å². The molecule has 8 nitrogen and oxygen atoms in total. The molecule has 0 saturated heterocycles. The van der Waals surface area contributed by atoms with Crippen LogP contribution in [0.1, 0.15) is 30.6 Å². The van der Waals surface area contributed by atoms with Crippen molar-refractivity contribution in [1.29, 1.82) is 0 Å². The van der Waals surface area contributed by atoms with Gasteiger partial charge >= 0.3 is 6.55 Å². The van der Waals surface area contributed by atoms with E-state index in [1.807, 2.05) is 6.92 Å². The van der Waals surface area contributed by atoms with Gasteiger partial charge in [0.15, 0.2) is 0 Å². The van der Waals surface area contributed by atoms with Crippen LogP contribution in [-0.2, 0) is 6.42 Å². The van der Waals surface area contributed by atoms with Gasteiger partial charge < -0.3 is 9.97 Å². The molecule has 0 amide bonds. The zero-order chi connectivity index (χ0) is 23.4.